The van der Waals surface area contributed by atoms with Crippen molar-refractivity contribution in [2.24, 2.45) is 0 Å². The number of aromatic nitrogens is 1. The molecule has 2 nitrogen and oxygen atoms in total. The molecule has 3 aromatic rings. The molecule has 2 heterocycles. The van der Waals surface area contributed by atoms with Crippen LogP contribution in [0.3, 0.4) is 0 Å². The average molecular weight is 331 g/mol. The summed E-state index contributed by atoms with van der Waals surface area (Å²) in [7, 11) is 0. The third-order valence-corrected chi connectivity index (χ3v) is 4.85. The first-order valence-electron chi connectivity index (χ1n) is 7.51. The number of hydrogen-bond acceptors (Lipinski definition) is 1. The third-order valence-electron chi connectivity index (χ3n) is 4.30. The Kier molecular flexibility index (Phi) is 3.61. The predicted molar refractivity (Wildman–Crippen MR) is 94.0 cm³/mol. The largest absolute Gasteiger partial charge is 0.343 e. The van der Waals surface area contributed by atoms with E-state index in [4.69, 9.17) is 23.2 Å². The molecule has 0 saturated carbocycles. The monoisotopic (exact) mass is 330 g/mol. The summed E-state index contributed by atoms with van der Waals surface area (Å²) in [4.78, 5) is 0. The Hall–Kier alpha value is -1.48. The maximum atomic E-state index is 6.44. The van der Waals surface area contributed by atoms with Crippen LogP contribution in [0.4, 0.5) is 0 Å². The Morgan fingerprint density at radius 1 is 0.955 bits per heavy atom. The van der Waals surface area contributed by atoms with E-state index in [0.29, 0.717) is 10.0 Å². The van der Waals surface area contributed by atoms with Gasteiger partial charge >= 0.3 is 0 Å². The minimum absolute atomic E-state index is 0.666. The van der Waals surface area contributed by atoms with Gasteiger partial charge in [-0.2, -0.15) is 0 Å². The smallest absolute Gasteiger partial charge is 0.0563 e. The summed E-state index contributed by atoms with van der Waals surface area (Å²) < 4.78 is 2.43. The zero-order chi connectivity index (χ0) is 15.1. The maximum absolute atomic E-state index is 6.44. The fourth-order valence-corrected chi connectivity index (χ4v) is 3.81. The summed E-state index contributed by atoms with van der Waals surface area (Å²) >= 11 is 12.5. The lowest BCUT2D eigenvalue weighted by molar-refractivity contribution is 0.658. The lowest BCUT2D eigenvalue weighted by atomic mass is 10.0. The number of hydrogen-bond donors (Lipinski definition) is 1. The van der Waals surface area contributed by atoms with Crippen LogP contribution in [0, 0.1) is 0 Å². The van der Waals surface area contributed by atoms with Crippen LogP contribution < -0.4 is 5.32 Å². The van der Waals surface area contributed by atoms with Gasteiger partial charge < -0.3 is 9.88 Å². The van der Waals surface area contributed by atoms with Crippen LogP contribution in [0.2, 0.25) is 10.0 Å². The SMILES string of the molecule is Clc1ccc(-c2cccc3cc4n(c23)CCNCC4)c(Cl)c1. The molecule has 0 amide bonds. The lowest BCUT2D eigenvalue weighted by Gasteiger charge is -2.12. The maximum Gasteiger partial charge on any atom is 0.0563 e. The summed E-state index contributed by atoms with van der Waals surface area (Å²) in [5.74, 6) is 0. The van der Waals surface area contributed by atoms with Crippen LogP contribution in [-0.4, -0.2) is 17.7 Å². The van der Waals surface area contributed by atoms with E-state index in [-0.39, 0.29) is 0 Å². The number of halogens is 2. The van der Waals surface area contributed by atoms with Gasteiger partial charge in [0.25, 0.3) is 0 Å². The molecule has 0 radical (unpaired) electrons. The second kappa shape index (κ2) is 5.62. The van der Waals surface area contributed by atoms with Crippen molar-refractivity contribution in [1.29, 1.82) is 0 Å². The molecule has 1 N–H and O–H groups in total. The standard InChI is InChI=1S/C18H16Cl2N2/c19-13-4-5-15(17(20)11-13)16-3-1-2-12-10-14-6-7-21-8-9-22(14)18(12)16/h1-5,10-11,21H,6-9H2. The second-order valence-corrected chi connectivity index (χ2v) is 6.50. The summed E-state index contributed by atoms with van der Waals surface area (Å²) in [5, 5.41) is 6.10. The van der Waals surface area contributed by atoms with Gasteiger partial charge in [0, 0.05) is 58.3 Å². The minimum Gasteiger partial charge on any atom is -0.343 e. The molecule has 0 saturated heterocycles. The molecular formula is C18H16Cl2N2. The summed E-state index contributed by atoms with van der Waals surface area (Å²) in [6, 6.07) is 14.4. The van der Waals surface area contributed by atoms with Crippen LogP contribution in [0.5, 0.6) is 0 Å². The Morgan fingerprint density at radius 3 is 2.73 bits per heavy atom. The second-order valence-electron chi connectivity index (χ2n) is 5.65. The Labute approximate surface area is 139 Å². The van der Waals surface area contributed by atoms with E-state index in [1.165, 1.54) is 22.2 Å². The van der Waals surface area contributed by atoms with E-state index in [1.54, 1.807) is 0 Å². The van der Waals surface area contributed by atoms with Crippen molar-refractivity contribution in [2.45, 2.75) is 13.0 Å². The van der Waals surface area contributed by atoms with Crippen molar-refractivity contribution in [3.63, 3.8) is 0 Å². The lowest BCUT2D eigenvalue weighted by Crippen LogP contribution is -2.17. The van der Waals surface area contributed by atoms with Crippen molar-refractivity contribution < 1.29 is 0 Å². The van der Waals surface area contributed by atoms with E-state index in [2.05, 4.69) is 34.1 Å². The molecule has 0 fully saturated rings. The normalized spacial score (nSPS) is 14.8. The molecule has 0 atom stereocenters. The minimum atomic E-state index is 0.666. The van der Waals surface area contributed by atoms with Crippen molar-refractivity contribution >= 4 is 34.1 Å². The highest BCUT2D eigenvalue weighted by molar-refractivity contribution is 6.36. The average Bonchev–Trinajstić information content (AvgIpc) is 2.70. The molecule has 112 valence electrons. The van der Waals surface area contributed by atoms with Crippen molar-refractivity contribution in [3.8, 4) is 11.1 Å². The van der Waals surface area contributed by atoms with E-state index in [9.17, 15) is 0 Å². The molecule has 2 aromatic carbocycles. The van der Waals surface area contributed by atoms with E-state index < -0.39 is 0 Å². The molecule has 4 heteroatoms. The molecule has 0 spiro atoms. The molecule has 0 bridgehead atoms. The summed E-state index contributed by atoms with van der Waals surface area (Å²) in [6.45, 7) is 3.02. The van der Waals surface area contributed by atoms with Gasteiger partial charge in [0.15, 0.2) is 0 Å². The predicted octanol–water partition coefficient (Wildman–Crippen LogP) is 4.76. The molecule has 0 aliphatic carbocycles. The quantitative estimate of drug-likeness (QED) is 0.680. The Morgan fingerprint density at radius 2 is 1.86 bits per heavy atom. The molecule has 0 unspecified atom stereocenters. The van der Waals surface area contributed by atoms with Crippen molar-refractivity contribution in [1.82, 2.24) is 9.88 Å². The zero-order valence-electron chi connectivity index (χ0n) is 12.1. The first-order chi connectivity index (χ1) is 10.7. The topological polar surface area (TPSA) is 17.0 Å². The first kappa shape index (κ1) is 14.1. The van der Waals surface area contributed by atoms with Crippen LogP contribution in [0.25, 0.3) is 22.0 Å². The molecule has 22 heavy (non-hydrogen) atoms. The molecule has 1 aliphatic heterocycles. The van der Waals surface area contributed by atoms with Gasteiger partial charge in [-0.05, 0) is 18.2 Å². The highest BCUT2D eigenvalue weighted by atomic mass is 35.5. The van der Waals surface area contributed by atoms with Gasteiger partial charge in [-0.25, -0.2) is 0 Å². The number of para-hydroxylation sites is 1. The number of fused-ring (bicyclic) bond motifs is 3. The summed E-state index contributed by atoms with van der Waals surface area (Å²) in [6.07, 6.45) is 1.06. The van der Waals surface area contributed by atoms with Gasteiger partial charge in [0.2, 0.25) is 0 Å². The number of benzene rings is 2. The van der Waals surface area contributed by atoms with Crippen molar-refractivity contribution in [3.05, 3.63) is 58.2 Å². The van der Waals surface area contributed by atoms with Gasteiger partial charge in [-0.1, -0.05) is 47.5 Å². The van der Waals surface area contributed by atoms with Crippen LogP contribution >= 0.6 is 23.2 Å². The van der Waals surface area contributed by atoms with Gasteiger partial charge in [0.1, 0.15) is 0 Å². The summed E-state index contributed by atoms with van der Waals surface area (Å²) in [5.41, 5.74) is 4.87. The van der Waals surface area contributed by atoms with Crippen LogP contribution in [0.15, 0.2) is 42.5 Å². The highest BCUT2D eigenvalue weighted by Gasteiger charge is 2.16. The van der Waals surface area contributed by atoms with Crippen molar-refractivity contribution in [2.75, 3.05) is 13.1 Å². The van der Waals surface area contributed by atoms with Crippen LogP contribution in [-0.2, 0) is 13.0 Å². The number of rotatable bonds is 1. The van der Waals surface area contributed by atoms with E-state index >= 15 is 0 Å². The molecule has 4 rings (SSSR count). The van der Waals surface area contributed by atoms with Gasteiger partial charge in [0.05, 0.1) is 5.52 Å². The fourth-order valence-electron chi connectivity index (χ4n) is 3.30. The fraction of sp³-hybridized carbons (Fsp3) is 0.222. The highest BCUT2D eigenvalue weighted by Crippen LogP contribution is 2.36. The van der Waals surface area contributed by atoms with Crippen LogP contribution in [0.1, 0.15) is 5.69 Å². The third kappa shape index (κ3) is 2.32. The first-order valence-corrected chi connectivity index (χ1v) is 8.27. The van der Waals surface area contributed by atoms with E-state index in [0.717, 1.165) is 31.6 Å². The Balaban J connectivity index is 1.99. The Bertz CT molecular complexity index is 852. The molecule has 1 aliphatic rings. The molecular weight excluding hydrogens is 315 g/mol. The number of nitrogens with one attached hydrogen (secondary N) is 1. The van der Waals surface area contributed by atoms with E-state index in [1.807, 2.05) is 18.2 Å². The number of nitrogens with zero attached hydrogens (tertiary/aromatic N) is 1. The zero-order valence-corrected chi connectivity index (χ0v) is 13.6. The molecule has 1 aromatic heterocycles. The van der Waals surface area contributed by atoms with Gasteiger partial charge in [-0.15, -0.1) is 0 Å². The van der Waals surface area contributed by atoms with Gasteiger partial charge in [-0.3, -0.25) is 0 Å².